The number of benzene rings is 1. The highest BCUT2D eigenvalue weighted by atomic mass is 79.9. The molecular weight excluding hydrogens is 302 g/mol. The summed E-state index contributed by atoms with van der Waals surface area (Å²) in [5, 5.41) is 3.42. The lowest BCUT2D eigenvalue weighted by atomic mass is 10.1. The third-order valence-electron chi connectivity index (χ3n) is 3.47. The summed E-state index contributed by atoms with van der Waals surface area (Å²) in [6.07, 6.45) is 1.91. The Labute approximate surface area is 122 Å². The minimum absolute atomic E-state index is 0.526. The Hall–Kier alpha value is -1.13. The molecule has 0 fully saturated rings. The smallest absolute Gasteiger partial charge is 0.108 e. The maximum absolute atomic E-state index is 4.75. The van der Waals surface area contributed by atoms with Crippen molar-refractivity contribution in [3.8, 4) is 11.3 Å². The normalized spacial score (nSPS) is 12.8. The summed E-state index contributed by atoms with van der Waals surface area (Å²) in [4.78, 5) is 8.22. The van der Waals surface area contributed by atoms with Crippen molar-refractivity contribution in [3.05, 3.63) is 39.8 Å². The van der Waals surface area contributed by atoms with Crippen molar-refractivity contribution in [2.24, 2.45) is 0 Å². The van der Waals surface area contributed by atoms with Crippen molar-refractivity contribution >= 4 is 15.9 Å². The van der Waals surface area contributed by atoms with Crippen molar-refractivity contribution in [3.63, 3.8) is 0 Å². The summed E-state index contributed by atoms with van der Waals surface area (Å²) in [6.45, 7) is 5.29. The van der Waals surface area contributed by atoms with Gasteiger partial charge in [0.05, 0.1) is 5.69 Å². The zero-order valence-corrected chi connectivity index (χ0v) is 12.8. The Kier molecular flexibility index (Phi) is 3.46. The predicted molar refractivity (Wildman–Crippen MR) is 81.4 cm³/mol. The Morgan fingerprint density at radius 3 is 3.05 bits per heavy atom. The van der Waals surface area contributed by atoms with Gasteiger partial charge in [0.25, 0.3) is 0 Å². The second-order valence-corrected chi connectivity index (χ2v) is 6.17. The van der Waals surface area contributed by atoms with E-state index >= 15 is 0 Å². The molecule has 0 saturated heterocycles. The van der Waals surface area contributed by atoms with Gasteiger partial charge in [0.1, 0.15) is 5.82 Å². The molecule has 1 aromatic carbocycles. The molecule has 0 unspecified atom stereocenters. The van der Waals surface area contributed by atoms with E-state index in [-0.39, 0.29) is 0 Å². The SMILES string of the molecule is CC(C)NCCc1nc2c([nH]1)Cc1c(Br)cccc1-2. The molecule has 3 nitrogen and oxygen atoms in total. The third kappa shape index (κ3) is 2.47. The number of halogens is 1. The fourth-order valence-corrected chi connectivity index (χ4v) is 3.06. The quantitative estimate of drug-likeness (QED) is 0.774. The van der Waals surface area contributed by atoms with Gasteiger partial charge in [-0.25, -0.2) is 4.98 Å². The molecule has 0 amide bonds. The first-order valence-corrected chi connectivity index (χ1v) is 7.53. The number of aromatic amines is 1. The number of rotatable bonds is 4. The Morgan fingerprint density at radius 2 is 2.26 bits per heavy atom. The molecule has 2 aromatic rings. The first-order valence-electron chi connectivity index (χ1n) is 6.74. The van der Waals surface area contributed by atoms with Gasteiger partial charge in [0, 0.05) is 41.2 Å². The van der Waals surface area contributed by atoms with Crippen LogP contribution in [0.4, 0.5) is 0 Å². The molecule has 2 N–H and O–H groups in total. The van der Waals surface area contributed by atoms with E-state index in [1.165, 1.54) is 21.3 Å². The number of nitrogens with one attached hydrogen (secondary N) is 2. The van der Waals surface area contributed by atoms with E-state index in [1.807, 2.05) is 0 Å². The maximum Gasteiger partial charge on any atom is 0.108 e. The van der Waals surface area contributed by atoms with E-state index in [0.29, 0.717) is 6.04 Å². The summed E-state index contributed by atoms with van der Waals surface area (Å²) in [5.41, 5.74) is 5.00. The second kappa shape index (κ2) is 5.10. The molecule has 1 aliphatic rings. The van der Waals surface area contributed by atoms with Gasteiger partial charge < -0.3 is 10.3 Å². The number of nitrogens with zero attached hydrogens (tertiary/aromatic N) is 1. The number of hydrogen-bond donors (Lipinski definition) is 2. The first-order chi connectivity index (χ1) is 9.15. The average molecular weight is 320 g/mol. The molecule has 0 bridgehead atoms. The van der Waals surface area contributed by atoms with Gasteiger partial charge in [-0.05, 0) is 11.6 Å². The lowest BCUT2D eigenvalue weighted by molar-refractivity contribution is 0.584. The second-order valence-electron chi connectivity index (χ2n) is 5.31. The molecule has 1 aromatic heterocycles. The molecule has 0 spiro atoms. The zero-order valence-electron chi connectivity index (χ0n) is 11.3. The molecule has 4 heteroatoms. The van der Waals surface area contributed by atoms with Crippen LogP contribution in [0.15, 0.2) is 22.7 Å². The maximum atomic E-state index is 4.75. The molecule has 1 aliphatic carbocycles. The van der Waals surface area contributed by atoms with Crippen LogP contribution in [-0.4, -0.2) is 22.6 Å². The van der Waals surface area contributed by atoms with Gasteiger partial charge in [0.2, 0.25) is 0 Å². The molecule has 1 heterocycles. The minimum atomic E-state index is 0.526. The Morgan fingerprint density at radius 1 is 1.42 bits per heavy atom. The Bertz CT molecular complexity index is 601. The summed E-state index contributed by atoms with van der Waals surface area (Å²) in [5.74, 6) is 1.09. The van der Waals surface area contributed by atoms with E-state index in [2.05, 4.69) is 58.3 Å². The lowest BCUT2D eigenvalue weighted by Crippen LogP contribution is -2.25. The molecule has 0 saturated carbocycles. The monoisotopic (exact) mass is 319 g/mol. The average Bonchev–Trinajstić information content (AvgIpc) is 2.87. The van der Waals surface area contributed by atoms with Crippen LogP contribution in [0.3, 0.4) is 0 Å². The minimum Gasteiger partial charge on any atom is -0.345 e. The van der Waals surface area contributed by atoms with Gasteiger partial charge in [0.15, 0.2) is 0 Å². The highest BCUT2D eigenvalue weighted by Crippen LogP contribution is 2.38. The molecular formula is C15H18BrN3. The number of hydrogen-bond acceptors (Lipinski definition) is 2. The van der Waals surface area contributed by atoms with Crippen molar-refractivity contribution in [2.75, 3.05) is 6.54 Å². The largest absolute Gasteiger partial charge is 0.345 e. The van der Waals surface area contributed by atoms with Crippen LogP contribution in [0, 0.1) is 0 Å². The first kappa shape index (κ1) is 12.9. The van der Waals surface area contributed by atoms with E-state index in [9.17, 15) is 0 Å². The van der Waals surface area contributed by atoms with Crippen LogP contribution >= 0.6 is 15.9 Å². The summed E-state index contributed by atoms with van der Waals surface area (Å²) in [6, 6.07) is 6.85. The van der Waals surface area contributed by atoms with Crippen LogP contribution in [0.25, 0.3) is 11.3 Å². The van der Waals surface area contributed by atoms with Gasteiger partial charge in [-0.3, -0.25) is 0 Å². The van der Waals surface area contributed by atoms with Gasteiger partial charge >= 0.3 is 0 Å². The van der Waals surface area contributed by atoms with Gasteiger partial charge in [-0.2, -0.15) is 0 Å². The van der Waals surface area contributed by atoms with E-state index in [0.717, 1.165) is 30.9 Å². The summed E-state index contributed by atoms with van der Waals surface area (Å²) in [7, 11) is 0. The molecule has 0 atom stereocenters. The van der Waals surface area contributed by atoms with Crippen LogP contribution in [0.1, 0.15) is 30.9 Å². The highest BCUT2D eigenvalue weighted by Gasteiger charge is 2.24. The zero-order chi connectivity index (χ0) is 13.4. The number of H-pyrrole nitrogens is 1. The standard InChI is InChI=1S/C15H18BrN3/c1-9(2)17-7-6-14-18-13-8-11-10(15(13)19-14)4-3-5-12(11)16/h3-5,9,17H,6-8H2,1-2H3,(H,18,19). The Balaban J connectivity index is 1.80. The van der Waals surface area contributed by atoms with Crippen LogP contribution in [-0.2, 0) is 12.8 Å². The topological polar surface area (TPSA) is 40.7 Å². The fourth-order valence-electron chi connectivity index (χ4n) is 2.55. The van der Waals surface area contributed by atoms with Crippen LogP contribution in [0.5, 0.6) is 0 Å². The van der Waals surface area contributed by atoms with Crippen molar-refractivity contribution in [2.45, 2.75) is 32.7 Å². The lowest BCUT2D eigenvalue weighted by Gasteiger charge is -2.06. The van der Waals surface area contributed by atoms with E-state index < -0.39 is 0 Å². The van der Waals surface area contributed by atoms with Crippen molar-refractivity contribution in [1.29, 1.82) is 0 Å². The van der Waals surface area contributed by atoms with E-state index in [4.69, 9.17) is 4.98 Å². The summed E-state index contributed by atoms with van der Waals surface area (Å²) < 4.78 is 1.18. The molecule has 100 valence electrons. The predicted octanol–water partition coefficient (Wildman–Crippen LogP) is 3.28. The fraction of sp³-hybridized carbons (Fsp3) is 0.400. The molecule has 0 aliphatic heterocycles. The van der Waals surface area contributed by atoms with Crippen molar-refractivity contribution < 1.29 is 0 Å². The number of aromatic nitrogens is 2. The van der Waals surface area contributed by atoms with Crippen molar-refractivity contribution in [1.82, 2.24) is 15.3 Å². The highest BCUT2D eigenvalue weighted by molar-refractivity contribution is 9.10. The van der Waals surface area contributed by atoms with Crippen LogP contribution in [0.2, 0.25) is 0 Å². The molecule has 3 rings (SSSR count). The molecule has 0 radical (unpaired) electrons. The van der Waals surface area contributed by atoms with Gasteiger partial charge in [-0.15, -0.1) is 0 Å². The third-order valence-corrected chi connectivity index (χ3v) is 4.21. The molecule has 19 heavy (non-hydrogen) atoms. The number of fused-ring (bicyclic) bond motifs is 3. The van der Waals surface area contributed by atoms with Crippen LogP contribution < -0.4 is 5.32 Å². The van der Waals surface area contributed by atoms with Gasteiger partial charge in [-0.1, -0.05) is 41.9 Å². The summed E-state index contributed by atoms with van der Waals surface area (Å²) >= 11 is 3.62. The number of imidazole rings is 1. The van der Waals surface area contributed by atoms with E-state index in [1.54, 1.807) is 0 Å².